The number of methoxy groups -OCH3 is 1. The number of carbonyl (C=O) groups is 1. The van der Waals surface area contributed by atoms with Gasteiger partial charge in [-0.3, -0.25) is 4.79 Å². The van der Waals surface area contributed by atoms with Crippen LogP contribution in [0.1, 0.15) is 34.1 Å². The number of benzene rings is 2. The van der Waals surface area contributed by atoms with Crippen molar-refractivity contribution in [1.29, 1.82) is 0 Å². The molecule has 0 bridgehead atoms. The smallest absolute Gasteiger partial charge is 0.264 e. The van der Waals surface area contributed by atoms with E-state index in [1.807, 2.05) is 34.5 Å². The van der Waals surface area contributed by atoms with Gasteiger partial charge in [0.2, 0.25) is 0 Å². The highest BCUT2D eigenvalue weighted by Crippen LogP contribution is 2.39. The molecule has 0 spiro atoms. The van der Waals surface area contributed by atoms with Gasteiger partial charge in [0.1, 0.15) is 5.75 Å². The molecule has 4 rings (SSSR count). The maximum absolute atomic E-state index is 13.0. The van der Waals surface area contributed by atoms with Gasteiger partial charge in [0, 0.05) is 6.54 Å². The second-order valence-corrected chi connectivity index (χ2v) is 7.40. The highest BCUT2D eigenvalue weighted by Gasteiger charge is 2.32. The first-order valence-electron chi connectivity index (χ1n) is 8.86. The monoisotopic (exact) mass is 363 g/mol. The SMILES string of the molecule is COc1cccc(-c2ccccc2[C@H]2CCCN2C(=O)c2cccs2)c1. The molecule has 1 aliphatic heterocycles. The minimum absolute atomic E-state index is 0.118. The lowest BCUT2D eigenvalue weighted by atomic mass is 9.93. The Kier molecular flexibility index (Phi) is 4.76. The fourth-order valence-corrected chi connectivity index (χ4v) is 4.39. The van der Waals surface area contributed by atoms with Crippen LogP contribution in [0.2, 0.25) is 0 Å². The van der Waals surface area contributed by atoms with Crippen LogP contribution < -0.4 is 4.74 Å². The lowest BCUT2D eigenvalue weighted by molar-refractivity contribution is 0.0741. The zero-order chi connectivity index (χ0) is 17.9. The summed E-state index contributed by atoms with van der Waals surface area (Å²) >= 11 is 1.51. The van der Waals surface area contributed by atoms with E-state index < -0.39 is 0 Å². The summed E-state index contributed by atoms with van der Waals surface area (Å²) in [7, 11) is 1.68. The second-order valence-electron chi connectivity index (χ2n) is 6.45. The van der Waals surface area contributed by atoms with Crippen LogP contribution in [0.3, 0.4) is 0 Å². The molecule has 1 saturated heterocycles. The van der Waals surface area contributed by atoms with E-state index in [2.05, 4.69) is 36.4 Å². The summed E-state index contributed by atoms with van der Waals surface area (Å²) in [6, 6.07) is 20.5. The first-order valence-corrected chi connectivity index (χ1v) is 9.73. The molecule has 1 aliphatic rings. The fourth-order valence-electron chi connectivity index (χ4n) is 3.72. The first kappa shape index (κ1) is 16.9. The molecule has 132 valence electrons. The highest BCUT2D eigenvalue weighted by molar-refractivity contribution is 7.12. The Morgan fingerprint density at radius 2 is 2.00 bits per heavy atom. The Bertz CT molecular complexity index is 904. The van der Waals surface area contributed by atoms with E-state index in [4.69, 9.17) is 4.74 Å². The molecule has 3 aromatic rings. The van der Waals surface area contributed by atoms with E-state index in [1.165, 1.54) is 22.5 Å². The maximum Gasteiger partial charge on any atom is 0.264 e. The van der Waals surface area contributed by atoms with E-state index in [9.17, 15) is 4.79 Å². The number of thiophene rings is 1. The molecular formula is C22H21NO2S. The minimum atomic E-state index is 0.118. The lowest BCUT2D eigenvalue weighted by Crippen LogP contribution is -2.30. The number of rotatable bonds is 4. The average Bonchev–Trinajstić information content (AvgIpc) is 3.39. The van der Waals surface area contributed by atoms with Crippen molar-refractivity contribution < 1.29 is 9.53 Å². The molecule has 4 heteroatoms. The molecule has 0 N–H and O–H groups in total. The number of nitrogens with zero attached hydrogens (tertiary/aromatic N) is 1. The summed E-state index contributed by atoms with van der Waals surface area (Å²) in [5, 5.41) is 1.96. The predicted molar refractivity (Wildman–Crippen MR) is 106 cm³/mol. The van der Waals surface area contributed by atoms with Crippen LogP contribution in [0.15, 0.2) is 66.0 Å². The van der Waals surface area contributed by atoms with Gasteiger partial charge in [0.25, 0.3) is 5.91 Å². The minimum Gasteiger partial charge on any atom is -0.497 e. The van der Waals surface area contributed by atoms with E-state index in [-0.39, 0.29) is 11.9 Å². The van der Waals surface area contributed by atoms with Crippen molar-refractivity contribution in [2.45, 2.75) is 18.9 Å². The van der Waals surface area contributed by atoms with Crippen molar-refractivity contribution in [2.24, 2.45) is 0 Å². The third kappa shape index (κ3) is 3.13. The summed E-state index contributed by atoms with van der Waals surface area (Å²) < 4.78 is 5.39. The van der Waals surface area contributed by atoms with Crippen molar-refractivity contribution in [2.75, 3.05) is 13.7 Å². The van der Waals surface area contributed by atoms with Gasteiger partial charge in [-0.05, 0) is 53.1 Å². The maximum atomic E-state index is 13.0. The van der Waals surface area contributed by atoms with Crippen LogP contribution in [-0.4, -0.2) is 24.5 Å². The molecule has 26 heavy (non-hydrogen) atoms. The summed E-state index contributed by atoms with van der Waals surface area (Å²) in [5.41, 5.74) is 3.50. The molecule has 0 unspecified atom stereocenters. The normalized spacial score (nSPS) is 16.7. The summed E-state index contributed by atoms with van der Waals surface area (Å²) in [6.07, 6.45) is 2.03. The molecule has 1 amide bonds. The largest absolute Gasteiger partial charge is 0.497 e. The molecule has 1 aromatic heterocycles. The zero-order valence-corrected chi connectivity index (χ0v) is 15.5. The number of amides is 1. The number of carbonyl (C=O) groups excluding carboxylic acids is 1. The Morgan fingerprint density at radius 3 is 2.81 bits per heavy atom. The topological polar surface area (TPSA) is 29.5 Å². The number of ether oxygens (including phenoxy) is 1. The van der Waals surface area contributed by atoms with Gasteiger partial charge < -0.3 is 9.64 Å². The molecule has 2 aromatic carbocycles. The van der Waals surface area contributed by atoms with Gasteiger partial charge >= 0.3 is 0 Å². The van der Waals surface area contributed by atoms with Crippen molar-refractivity contribution in [1.82, 2.24) is 4.90 Å². The van der Waals surface area contributed by atoms with Crippen LogP contribution >= 0.6 is 11.3 Å². The molecule has 2 heterocycles. The van der Waals surface area contributed by atoms with Crippen molar-refractivity contribution in [3.05, 3.63) is 76.5 Å². The van der Waals surface area contributed by atoms with Gasteiger partial charge in [-0.1, -0.05) is 42.5 Å². The van der Waals surface area contributed by atoms with Crippen LogP contribution in [0, 0.1) is 0 Å². The van der Waals surface area contributed by atoms with E-state index in [0.717, 1.165) is 35.6 Å². The second kappa shape index (κ2) is 7.34. The van der Waals surface area contributed by atoms with Gasteiger partial charge in [-0.15, -0.1) is 11.3 Å². The van der Waals surface area contributed by atoms with E-state index in [1.54, 1.807) is 7.11 Å². The van der Waals surface area contributed by atoms with Gasteiger partial charge in [-0.2, -0.15) is 0 Å². The molecule has 1 atom stereocenters. The highest BCUT2D eigenvalue weighted by atomic mass is 32.1. The van der Waals surface area contributed by atoms with Crippen LogP contribution in [0.4, 0.5) is 0 Å². The van der Waals surface area contributed by atoms with Crippen LogP contribution in [0.25, 0.3) is 11.1 Å². The lowest BCUT2D eigenvalue weighted by Gasteiger charge is -2.26. The van der Waals surface area contributed by atoms with Crippen molar-refractivity contribution in [3.8, 4) is 16.9 Å². The Labute approximate surface area is 157 Å². The first-order chi connectivity index (χ1) is 12.8. The molecule has 0 aliphatic carbocycles. The fraction of sp³-hybridized carbons (Fsp3) is 0.227. The Balaban J connectivity index is 1.72. The summed E-state index contributed by atoms with van der Waals surface area (Å²) in [5.74, 6) is 0.984. The predicted octanol–water partition coefficient (Wildman–Crippen LogP) is 5.40. The zero-order valence-electron chi connectivity index (χ0n) is 14.7. The molecule has 3 nitrogen and oxygen atoms in total. The van der Waals surface area contributed by atoms with Crippen LogP contribution in [-0.2, 0) is 0 Å². The third-order valence-corrected chi connectivity index (χ3v) is 5.80. The number of likely N-dealkylation sites (tertiary alicyclic amines) is 1. The van der Waals surface area contributed by atoms with E-state index in [0.29, 0.717) is 0 Å². The van der Waals surface area contributed by atoms with Crippen LogP contribution in [0.5, 0.6) is 5.75 Å². The quantitative estimate of drug-likeness (QED) is 0.621. The number of hydrogen-bond donors (Lipinski definition) is 0. The molecule has 1 fully saturated rings. The Hall–Kier alpha value is -2.59. The van der Waals surface area contributed by atoms with E-state index >= 15 is 0 Å². The molecular weight excluding hydrogens is 342 g/mol. The summed E-state index contributed by atoms with van der Waals surface area (Å²) in [6.45, 7) is 0.813. The third-order valence-electron chi connectivity index (χ3n) is 4.95. The Morgan fingerprint density at radius 1 is 1.12 bits per heavy atom. The van der Waals surface area contributed by atoms with Crippen molar-refractivity contribution >= 4 is 17.2 Å². The molecule has 0 saturated carbocycles. The standard InChI is InChI=1S/C22H21NO2S/c1-25-17-8-4-7-16(15-17)18-9-2-3-10-19(18)20-11-5-13-23(20)22(24)21-12-6-14-26-21/h2-4,6-10,12,14-15,20H,5,11,13H2,1H3/t20-/m1/s1. The average molecular weight is 363 g/mol. The van der Waals surface area contributed by atoms with Gasteiger partial charge in [0.05, 0.1) is 18.0 Å². The summed E-state index contributed by atoms with van der Waals surface area (Å²) in [4.78, 5) is 15.8. The number of hydrogen-bond acceptors (Lipinski definition) is 3. The molecule has 0 radical (unpaired) electrons. The van der Waals surface area contributed by atoms with Gasteiger partial charge in [0.15, 0.2) is 0 Å². The van der Waals surface area contributed by atoms with Crippen molar-refractivity contribution in [3.63, 3.8) is 0 Å². The van der Waals surface area contributed by atoms with Gasteiger partial charge in [-0.25, -0.2) is 0 Å².